The minimum Gasteiger partial charge on any atom is -0.323 e. The maximum atomic E-state index is 13.5. The van der Waals surface area contributed by atoms with Crippen molar-refractivity contribution in [3.63, 3.8) is 0 Å². The molecule has 3 aromatic rings. The van der Waals surface area contributed by atoms with Gasteiger partial charge in [0.25, 0.3) is 0 Å². The van der Waals surface area contributed by atoms with E-state index in [0.717, 1.165) is 29.1 Å². The molecular weight excluding hydrogens is 328 g/mol. The molecule has 0 heterocycles. The lowest BCUT2D eigenvalue weighted by molar-refractivity contribution is -0.113. The van der Waals surface area contributed by atoms with Crippen LogP contribution >= 0.6 is 11.8 Å². The van der Waals surface area contributed by atoms with Crippen LogP contribution in [-0.2, 0) is 10.5 Å². The Labute approximate surface area is 142 Å². The molecule has 0 aliphatic carbocycles. The Morgan fingerprint density at radius 2 is 1.75 bits per heavy atom. The van der Waals surface area contributed by atoms with Crippen molar-refractivity contribution < 1.29 is 13.6 Å². The Bertz CT molecular complexity index is 882. The fraction of sp³-hybridized carbons (Fsp3) is 0.105. The van der Waals surface area contributed by atoms with E-state index >= 15 is 0 Å². The van der Waals surface area contributed by atoms with Crippen LogP contribution in [0.2, 0.25) is 0 Å². The summed E-state index contributed by atoms with van der Waals surface area (Å²) in [7, 11) is 0. The van der Waals surface area contributed by atoms with Crippen molar-refractivity contribution in [2.24, 2.45) is 0 Å². The maximum Gasteiger partial charge on any atom is 0.234 e. The minimum absolute atomic E-state index is 0.133. The van der Waals surface area contributed by atoms with E-state index in [0.29, 0.717) is 5.75 Å². The Morgan fingerprint density at radius 3 is 2.58 bits per heavy atom. The lowest BCUT2D eigenvalue weighted by Crippen LogP contribution is -2.15. The van der Waals surface area contributed by atoms with Crippen molar-refractivity contribution in [2.45, 2.75) is 5.75 Å². The molecule has 3 rings (SSSR count). The van der Waals surface area contributed by atoms with Crippen LogP contribution in [0.5, 0.6) is 0 Å². The number of anilines is 1. The highest BCUT2D eigenvalue weighted by atomic mass is 32.2. The van der Waals surface area contributed by atoms with Gasteiger partial charge in [-0.1, -0.05) is 42.5 Å². The molecular formula is C19H15F2NOS. The van der Waals surface area contributed by atoms with E-state index in [-0.39, 0.29) is 17.3 Å². The highest BCUT2D eigenvalue weighted by molar-refractivity contribution is 7.99. The smallest absolute Gasteiger partial charge is 0.234 e. The van der Waals surface area contributed by atoms with Crippen LogP contribution in [0.3, 0.4) is 0 Å². The minimum atomic E-state index is -0.649. The number of halogens is 2. The standard InChI is InChI=1S/C19H15F2NOS/c20-16-7-8-17(21)18(10-16)22-19(23)12-24-11-13-5-6-14-3-1-2-4-15(14)9-13/h1-10H,11-12H2,(H,22,23). The van der Waals surface area contributed by atoms with Crippen LogP contribution in [0.25, 0.3) is 10.8 Å². The van der Waals surface area contributed by atoms with E-state index < -0.39 is 11.6 Å². The summed E-state index contributed by atoms with van der Waals surface area (Å²) in [6, 6.07) is 17.2. The molecule has 3 aromatic carbocycles. The van der Waals surface area contributed by atoms with Crippen LogP contribution < -0.4 is 5.32 Å². The lowest BCUT2D eigenvalue weighted by Gasteiger charge is -2.07. The summed E-state index contributed by atoms with van der Waals surface area (Å²) in [5.74, 6) is -0.753. The van der Waals surface area contributed by atoms with Gasteiger partial charge in [-0.15, -0.1) is 11.8 Å². The summed E-state index contributed by atoms with van der Waals surface area (Å²) in [6.45, 7) is 0. The van der Waals surface area contributed by atoms with E-state index in [1.165, 1.54) is 17.1 Å². The summed E-state index contributed by atoms with van der Waals surface area (Å²) in [4.78, 5) is 11.9. The molecule has 2 nitrogen and oxygen atoms in total. The van der Waals surface area contributed by atoms with Crippen LogP contribution in [0, 0.1) is 11.6 Å². The first-order valence-corrected chi connectivity index (χ1v) is 8.57. The summed E-state index contributed by atoms with van der Waals surface area (Å²) in [5, 5.41) is 4.72. The average molecular weight is 343 g/mol. The van der Waals surface area contributed by atoms with Crippen molar-refractivity contribution in [1.82, 2.24) is 0 Å². The lowest BCUT2D eigenvalue weighted by atomic mass is 10.1. The van der Waals surface area contributed by atoms with Gasteiger partial charge in [0.1, 0.15) is 11.6 Å². The third-order valence-corrected chi connectivity index (χ3v) is 4.52. The van der Waals surface area contributed by atoms with Crippen LogP contribution in [0.15, 0.2) is 60.7 Å². The molecule has 0 spiro atoms. The van der Waals surface area contributed by atoms with Crippen molar-refractivity contribution in [1.29, 1.82) is 0 Å². The third kappa shape index (κ3) is 4.11. The Hall–Kier alpha value is -2.40. The fourth-order valence-electron chi connectivity index (χ4n) is 2.37. The molecule has 0 fully saturated rings. The summed E-state index contributed by atoms with van der Waals surface area (Å²) >= 11 is 1.42. The molecule has 0 bridgehead atoms. The second kappa shape index (κ2) is 7.45. The predicted octanol–water partition coefficient (Wildman–Crippen LogP) is 4.99. The third-order valence-electron chi connectivity index (χ3n) is 3.52. The van der Waals surface area contributed by atoms with Crippen LogP contribution in [0.4, 0.5) is 14.5 Å². The Balaban J connectivity index is 1.55. The SMILES string of the molecule is O=C(CSCc1ccc2ccccc2c1)Nc1cc(F)ccc1F. The molecule has 0 atom stereocenters. The normalized spacial score (nSPS) is 10.8. The van der Waals surface area contributed by atoms with E-state index in [9.17, 15) is 13.6 Å². The van der Waals surface area contributed by atoms with Crippen molar-refractivity contribution in [3.8, 4) is 0 Å². The number of carbonyl (C=O) groups excluding carboxylic acids is 1. The number of fused-ring (bicyclic) bond motifs is 1. The Morgan fingerprint density at radius 1 is 0.958 bits per heavy atom. The molecule has 0 aliphatic heterocycles. The van der Waals surface area contributed by atoms with Gasteiger partial charge in [-0.3, -0.25) is 4.79 Å². The highest BCUT2D eigenvalue weighted by Gasteiger charge is 2.08. The molecule has 24 heavy (non-hydrogen) atoms. The number of rotatable bonds is 5. The monoisotopic (exact) mass is 343 g/mol. The van der Waals surface area contributed by atoms with Crippen molar-refractivity contribution in [2.75, 3.05) is 11.1 Å². The van der Waals surface area contributed by atoms with E-state index in [4.69, 9.17) is 0 Å². The van der Waals surface area contributed by atoms with Crippen LogP contribution in [0.1, 0.15) is 5.56 Å². The number of amides is 1. The number of nitrogens with one attached hydrogen (secondary N) is 1. The Kier molecular flexibility index (Phi) is 5.11. The molecule has 0 radical (unpaired) electrons. The number of hydrogen-bond acceptors (Lipinski definition) is 2. The van der Waals surface area contributed by atoms with E-state index in [2.05, 4.69) is 11.4 Å². The van der Waals surface area contributed by atoms with Crippen molar-refractivity contribution >= 4 is 34.1 Å². The molecule has 5 heteroatoms. The number of hydrogen-bond donors (Lipinski definition) is 1. The van der Waals surface area contributed by atoms with Crippen molar-refractivity contribution in [3.05, 3.63) is 77.9 Å². The molecule has 0 unspecified atom stereocenters. The van der Waals surface area contributed by atoms with Gasteiger partial charge in [-0.2, -0.15) is 0 Å². The fourth-order valence-corrected chi connectivity index (χ4v) is 3.14. The first kappa shape index (κ1) is 16.5. The second-order valence-electron chi connectivity index (χ2n) is 5.35. The zero-order valence-electron chi connectivity index (χ0n) is 12.8. The topological polar surface area (TPSA) is 29.1 Å². The largest absolute Gasteiger partial charge is 0.323 e. The maximum absolute atomic E-state index is 13.5. The summed E-state index contributed by atoms with van der Waals surface area (Å²) < 4.78 is 26.6. The van der Waals surface area contributed by atoms with Gasteiger partial charge < -0.3 is 5.32 Å². The zero-order valence-corrected chi connectivity index (χ0v) is 13.6. The summed E-state index contributed by atoms with van der Waals surface area (Å²) in [6.07, 6.45) is 0. The first-order valence-electron chi connectivity index (χ1n) is 7.42. The quantitative estimate of drug-likeness (QED) is 0.707. The number of thioether (sulfide) groups is 1. The molecule has 1 N–H and O–H groups in total. The van der Waals surface area contributed by atoms with Crippen LogP contribution in [-0.4, -0.2) is 11.7 Å². The summed E-state index contributed by atoms with van der Waals surface area (Å²) in [5.41, 5.74) is 0.981. The average Bonchev–Trinajstić information content (AvgIpc) is 2.58. The molecule has 122 valence electrons. The van der Waals surface area contributed by atoms with Gasteiger partial charge in [-0.25, -0.2) is 8.78 Å². The van der Waals surface area contributed by atoms with Gasteiger partial charge >= 0.3 is 0 Å². The highest BCUT2D eigenvalue weighted by Crippen LogP contribution is 2.20. The number of carbonyl (C=O) groups is 1. The first-order chi connectivity index (χ1) is 11.6. The molecule has 0 aromatic heterocycles. The number of benzene rings is 3. The second-order valence-corrected chi connectivity index (χ2v) is 6.33. The van der Waals surface area contributed by atoms with E-state index in [1.54, 1.807) is 0 Å². The zero-order chi connectivity index (χ0) is 16.9. The molecule has 0 saturated carbocycles. The van der Waals surface area contributed by atoms with E-state index in [1.807, 2.05) is 36.4 Å². The van der Waals surface area contributed by atoms with Gasteiger partial charge in [0.2, 0.25) is 5.91 Å². The molecule has 0 aliphatic rings. The van der Waals surface area contributed by atoms with Gasteiger partial charge in [0, 0.05) is 11.8 Å². The van der Waals surface area contributed by atoms with Gasteiger partial charge in [-0.05, 0) is 28.5 Å². The van der Waals surface area contributed by atoms with Gasteiger partial charge in [0.05, 0.1) is 11.4 Å². The van der Waals surface area contributed by atoms with Gasteiger partial charge in [0.15, 0.2) is 0 Å². The molecule has 0 saturated heterocycles. The molecule has 1 amide bonds. The predicted molar refractivity (Wildman–Crippen MR) is 95.1 cm³/mol.